The van der Waals surface area contributed by atoms with E-state index < -0.39 is 48.6 Å². The second-order valence-electron chi connectivity index (χ2n) is 10.8. The normalized spacial score (nSPS) is 11.2. The molecule has 4 aromatic carbocycles. The second-order valence-corrected chi connectivity index (χ2v) is 11.6. The van der Waals surface area contributed by atoms with E-state index in [1.54, 1.807) is 6.07 Å². The molecule has 0 amide bonds. The van der Waals surface area contributed by atoms with Crippen LogP contribution in [-0.2, 0) is 13.7 Å². The number of ether oxygens (including phenoxy) is 3. The molecule has 2 N–H and O–H groups in total. The zero-order valence-corrected chi connectivity index (χ0v) is 28.6. The molecule has 1 heterocycles. The third-order valence-corrected chi connectivity index (χ3v) is 7.61. The van der Waals surface area contributed by atoms with Gasteiger partial charge in [-0.05, 0) is 48.5 Å². The zero-order valence-electron chi connectivity index (χ0n) is 27.0. The summed E-state index contributed by atoms with van der Waals surface area (Å²) in [4.78, 5) is 11.5. The van der Waals surface area contributed by atoms with Crippen molar-refractivity contribution in [3.05, 3.63) is 110 Å². The van der Waals surface area contributed by atoms with Crippen LogP contribution in [0, 0.1) is 34.3 Å². The molecule has 5 rings (SSSR count). The fourth-order valence-electron chi connectivity index (χ4n) is 4.42. The van der Waals surface area contributed by atoms with Crippen molar-refractivity contribution < 1.29 is 54.4 Å². The van der Waals surface area contributed by atoms with Crippen molar-refractivity contribution in [1.29, 1.82) is 10.5 Å². The molecule has 54 heavy (non-hydrogen) atoms. The maximum Gasteiger partial charge on any atom is 0.422 e. The predicted molar refractivity (Wildman–Crippen MR) is 176 cm³/mol. The summed E-state index contributed by atoms with van der Waals surface area (Å²) >= 11 is 11.8. The molecule has 0 radical (unpaired) electrons. The highest BCUT2D eigenvalue weighted by molar-refractivity contribution is 6.32. The Balaban J connectivity index is 0.000000252. The van der Waals surface area contributed by atoms with Gasteiger partial charge in [-0.25, -0.2) is 18.7 Å². The van der Waals surface area contributed by atoms with Gasteiger partial charge >= 0.3 is 18.0 Å². The number of nitriles is 2. The van der Waals surface area contributed by atoms with E-state index in [-0.39, 0.29) is 73.1 Å². The number of hydrogen-bond donors (Lipinski definition) is 2. The lowest BCUT2D eigenvalue weighted by Crippen LogP contribution is -2.19. The molecule has 0 aliphatic heterocycles. The van der Waals surface area contributed by atoms with Crippen LogP contribution >= 0.6 is 23.2 Å². The van der Waals surface area contributed by atoms with E-state index in [0.717, 1.165) is 48.5 Å². The predicted octanol–water partition coefficient (Wildman–Crippen LogP) is 8.62. The molecule has 0 aliphatic rings. The third-order valence-electron chi connectivity index (χ3n) is 6.99. The van der Waals surface area contributed by atoms with Gasteiger partial charge in [0.15, 0.2) is 19.0 Å². The van der Waals surface area contributed by atoms with E-state index in [1.807, 2.05) is 6.07 Å². The number of phenolic OH excluding ortho intramolecular Hbond substituents is 1. The van der Waals surface area contributed by atoms with Crippen molar-refractivity contribution in [3.63, 3.8) is 0 Å². The van der Waals surface area contributed by atoms with Crippen LogP contribution in [0.15, 0.2) is 65.5 Å². The molecule has 0 atom stereocenters. The Kier molecular flexibility index (Phi) is 12.7. The first-order valence-electron chi connectivity index (χ1n) is 14.7. The first kappa shape index (κ1) is 40.8. The number of aromatic nitrogens is 3. The molecular weight excluding hydrogens is 781 g/mol. The Bertz CT molecular complexity index is 2310. The summed E-state index contributed by atoms with van der Waals surface area (Å²) < 4.78 is 118. The highest BCUT2D eigenvalue weighted by Gasteiger charge is 2.29. The summed E-state index contributed by atoms with van der Waals surface area (Å²) in [5.41, 5.74) is -0.902. The lowest BCUT2D eigenvalue weighted by atomic mass is 10.0. The second kappa shape index (κ2) is 16.8. The smallest absolute Gasteiger partial charge is 0.422 e. The molecule has 1 aromatic heterocycles. The fourth-order valence-corrected chi connectivity index (χ4v) is 4.81. The molecular formula is C34H21Cl2F8N5O5. The molecule has 0 saturated heterocycles. The minimum Gasteiger partial charge on any atom is -0.507 e. The van der Waals surface area contributed by atoms with Gasteiger partial charge in [-0.3, -0.25) is 4.57 Å². The maximum absolute atomic E-state index is 14.6. The topological polar surface area (TPSA) is 146 Å². The van der Waals surface area contributed by atoms with E-state index in [2.05, 4.69) is 19.7 Å². The van der Waals surface area contributed by atoms with E-state index in [0.29, 0.717) is 0 Å². The molecule has 0 aliphatic carbocycles. The molecule has 5 aromatic rings. The average Bonchev–Trinajstić information content (AvgIpc) is 3.42. The quantitative estimate of drug-likeness (QED) is 0.141. The van der Waals surface area contributed by atoms with Gasteiger partial charge in [-0.15, -0.1) is 0 Å². The number of aromatic hydroxyl groups is 1. The number of benzene rings is 4. The Labute approximate surface area is 308 Å². The number of H-pyrrole nitrogens is 1. The summed E-state index contributed by atoms with van der Waals surface area (Å²) in [6.45, 7) is -3.30. The number of phenols is 1. The number of nitrogens with one attached hydrogen (secondary N) is 1. The van der Waals surface area contributed by atoms with Crippen LogP contribution in [-0.4, -0.2) is 45.4 Å². The number of aromatic amines is 1. The van der Waals surface area contributed by atoms with Crippen LogP contribution in [0.5, 0.6) is 23.0 Å². The number of alkyl halides is 6. The Morgan fingerprint density at radius 3 is 1.70 bits per heavy atom. The van der Waals surface area contributed by atoms with Crippen LogP contribution in [0.2, 0.25) is 10.0 Å². The van der Waals surface area contributed by atoms with Crippen LogP contribution in [0.4, 0.5) is 35.1 Å². The van der Waals surface area contributed by atoms with Crippen molar-refractivity contribution in [2.24, 2.45) is 7.05 Å². The van der Waals surface area contributed by atoms with Crippen molar-refractivity contribution in [2.75, 3.05) is 13.2 Å². The van der Waals surface area contributed by atoms with Crippen LogP contribution in [0.3, 0.4) is 0 Å². The summed E-state index contributed by atoms with van der Waals surface area (Å²) in [5.74, 6) is -2.23. The lowest BCUT2D eigenvalue weighted by molar-refractivity contribution is -0.154. The summed E-state index contributed by atoms with van der Waals surface area (Å²) in [7, 11) is 1.46. The molecule has 20 heteroatoms. The van der Waals surface area contributed by atoms with Gasteiger partial charge in [0.05, 0.1) is 21.2 Å². The van der Waals surface area contributed by atoms with Crippen molar-refractivity contribution in [1.82, 2.24) is 14.8 Å². The Hall–Kier alpha value is -5.98. The van der Waals surface area contributed by atoms with E-state index >= 15 is 0 Å². The molecule has 0 fully saturated rings. The molecule has 10 nitrogen and oxygen atoms in total. The summed E-state index contributed by atoms with van der Waals surface area (Å²) in [6, 6.07) is 14.3. The van der Waals surface area contributed by atoms with Gasteiger partial charge in [-0.1, -0.05) is 23.2 Å². The SMILES string of the molecule is Cn1c(COc2cc(Cl)c(C#N)cc2-c2cc(OCC(F)(F)F)ccc2F)n[nH]c1=O.N#Cc1cc(-c2cc(OCC(F)(F)F)ccc2F)c(O)cc1Cl. The monoisotopic (exact) mass is 801 g/mol. The summed E-state index contributed by atoms with van der Waals surface area (Å²) in [5, 5.41) is 34.0. The van der Waals surface area contributed by atoms with Crippen molar-refractivity contribution in [2.45, 2.75) is 19.0 Å². The standard InChI is InChI=1S/C19H13ClF4N4O3.C15H8ClF4NO2/c1-28-17(26-27-18(28)29)8-30-16-6-14(20)10(7-25)4-13(16)12-5-11(2-3-15(12)21)31-9-19(22,23)24;16-12-5-14(22)11(3-8(12)6-21)10-4-9(1-2-13(10)17)23-7-15(18,19)20/h2-6H,8-9H2,1H3,(H,27,29);1-5,22H,7H2. The van der Waals surface area contributed by atoms with Crippen LogP contribution in [0.25, 0.3) is 22.3 Å². The van der Waals surface area contributed by atoms with Gasteiger partial charge < -0.3 is 19.3 Å². The third kappa shape index (κ3) is 10.6. The highest BCUT2D eigenvalue weighted by Crippen LogP contribution is 2.39. The average molecular weight is 802 g/mol. The number of halogens is 10. The van der Waals surface area contributed by atoms with Gasteiger partial charge in [0.25, 0.3) is 0 Å². The van der Waals surface area contributed by atoms with Gasteiger partial charge in [0.1, 0.15) is 53.4 Å². The van der Waals surface area contributed by atoms with E-state index in [1.165, 1.54) is 23.7 Å². The molecule has 282 valence electrons. The van der Waals surface area contributed by atoms with Crippen molar-refractivity contribution in [3.8, 4) is 57.4 Å². The maximum atomic E-state index is 14.6. The lowest BCUT2D eigenvalue weighted by Gasteiger charge is -2.15. The number of hydrogen-bond acceptors (Lipinski definition) is 8. The van der Waals surface area contributed by atoms with Crippen LogP contribution in [0.1, 0.15) is 17.0 Å². The first-order chi connectivity index (χ1) is 25.3. The molecule has 0 spiro atoms. The van der Waals surface area contributed by atoms with E-state index in [9.17, 15) is 50.3 Å². The number of nitrogens with zero attached hydrogens (tertiary/aromatic N) is 4. The minimum atomic E-state index is -4.57. The van der Waals surface area contributed by atoms with Gasteiger partial charge in [0.2, 0.25) is 0 Å². The largest absolute Gasteiger partial charge is 0.507 e. The van der Waals surface area contributed by atoms with Crippen LogP contribution < -0.4 is 19.9 Å². The van der Waals surface area contributed by atoms with E-state index in [4.69, 9.17) is 33.2 Å². The minimum absolute atomic E-state index is 0.00259. The first-order valence-corrected chi connectivity index (χ1v) is 15.4. The fraction of sp³-hybridized carbons (Fsp3) is 0.176. The highest BCUT2D eigenvalue weighted by atomic mass is 35.5. The van der Waals surface area contributed by atoms with Gasteiger partial charge in [0, 0.05) is 41.4 Å². The summed E-state index contributed by atoms with van der Waals surface area (Å²) in [6.07, 6.45) is -9.11. The Morgan fingerprint density at radius 1 is 0.759 bits per heavy atom. The molecule has 0 unspecified atom stereocenters. The Morgan fingerprint density at radius 2 is 1.24 bits per heavy atom. The molecule has 0 bridgehead atoms. The number of rotatable bonds is 9. The zero-order chi connectivity index (χ0) is 40.0. The molecule has 0 saturated carbocycles. The van der Waals surface area contributed by atoms with Crippen molar-refractivity contribution >= 4 is 23.2 Å². The van der Waals surface area contributed by atoms with Gasteiger partial charge in [-0.2, -0.15) is 42.0 Å².